The zero-order valence-electron chi connectivity index (χ0n) is 14.0. The number of ether oxygens (including phenoxy) is 2. The van der Waals surface area contributed by atoms with Crippen molar-refractivity contribution in [1.82, 2.24) is 9.97 Å². The highest BCUT2D eigenvalue weighted by atomic mass is 32.1. The van der Waals surface area contributed by atoms with Crippen molar-refractivity contribution in [3.05, 3.63) is 38.5 Å². The first-order valence-electron chi connectivity index (χ1n) is 8.66. The van der Waals surface area contributed by atoms with Crippen LogP contribution < -0.4 is 15.0 Å². The predicted octanol–water partition coefficient (Wildman–Crippen LogP) is 3.96. The number of thiophene rings is 1. The number of fused-ring (bicyclic) bond motifs is 4. The monoisotopic (exact) mass is 354 g/mol. The van der Waals surface area contributed by atoms with E-state index >= 15 is 0 Å². The van der Waals surface area contributed by atoms with E-state index in [0.717, 1.165) is 46.4 Å². The molecule has 0 bridgehead atoms. The number of rotatable bonds is 1. The zero-order chi connectivity index (χ0) is 17.0. The molecule has 3 aromatic rings. The molecule has 2 aliphatic rings. The molecule has 1 aliphatic heterocycles. The first kappa shape index (κ1) is 15.0. The first-order chi connectivity index (χ1) is 12.2. The standard InChI is InChI=1S/C19H18N2O3S/c1-10-7-13-14(24-9-23-13)8-12(10)17-20-18(22)16-11-5-3-2-4-6-15(11)25-19(16)21-17/h7-8H,2-6,9H2,1H3,(H,20,21,22). The molecule has 6 heteroatoms. The molecule has 0 saturated carbocycles. The van der Waals surface area contributed by atoms with Crippen LogP contribution in [0.25, 0.3) is 21.6 Å². The van der Waals surface area contributed by atoms with E-state index in [0.29, 0.717) is 11.6 Å². The van der Waals surface area contributed by atoms with Gasteiger partial charge in [0.1, 0.15) is 10.7 Å². The molecule has 0 radical (unpaired) electrons. The summed E-state index contributed by atoms with van der Waals surface area (Å²) in [4.78, 5) is 22.8. The van der Waals surface area contributed by atoms with Crippen LogP contribution in [0.3, 0.4) is 0 Å². The predicted molar refractivity (Wildman–Crippen MR) is 97.8 cm³/mol. The van der Waals surface area contributed by atoms with E-state index in [-0.39, 0.29) is 12.4 Å². The third-order valence-corrected chi connectivity index (χ3v) is 6.24. The summed E-state index contributed by atoms with van der Waals surface area (Å²) in [6.45, 7) is 2.23. The molecule has 2 aromatic heterocycles. The maximum absolute atomic E-state index is 12.8. The SMILES string of the molecule is Cc1cc2c(cc1-c1nc3sc4c(c3c(=O)[nH]1)CCCCC4)OCO2. The maximum Gasteiger partial charge on any atom is 0.260 e. The van der Waals surface area contributed by atoms with E-state index in [9.17, 15) is 4.79 Å². The molecule has 5 rings (SSSR count). The highest BCUT2D eigenvalue weighted by Gasteiger charge is 2.21. The average Bonchev–Trinajstić information content (AvgIpc) is 3.11. The second kappa shape index (κ2) is 5.59. The van der Waals surface area contributed by atoms with Crippen LogP contribution in [0.4, 0.5) is 0 Å². The molecule has 1 aromatic carbocycles. The molecule has 0 unspecified atom stereocenters. The molecule has 0 atom stereocenters. The summed E-state index contributed by atoms with van der Waals surface area (Å²) in [5, 5.41) is 0.795. The summed E-state index contributed by atoms with van der Waals surface area (Å²) in [5.41, 5.74) is 3.08. The summed E-state index contributed by atoms with van der Waals surface area (Å²) >= 11 is 1.68. The van der Waals surface area contributed by atoms with Crippen LogP contribution in [0.5, 0.6) is 11.5 Å². The van der Waals surface area contributed by atoms with Gasteiger partial charge in [-0.05, 0) is 55.9 Å². The summed E-state index contributed by atoms with van der Waals surface area (Å²) < 4.78 is 10.9. The van der Waals surface area contributed by atoms with Crippen LogP contribution >= 0.6 is 11.3 Å². The molecule has 1 aliphatic carbocycles. The van der Waals surface area contributed by atoms with E-state index in [2.05, 4.69) is 4.98 Å². The summed E-state index contributed by atoms with van der Waals surface area (Å²) in [6, 6.07) is 3.84. The van der Waals surface area contributed by atoms with Crippen molar-refractivity contribution in [2.75, 3.05) is 6.79 Å². The molecule has 25 heavy (non-hydrogen) atoms. The minimum atomic E-state index is -0.0310. The Morgan fingerprint density at radius 3 is 2.80 bits per heavy atom. The lowest BCUT2D eigenvalue weighted by atomic mass is 10.1. The van der Waals surface area contributed by atoms with Crippen molar-refractivity contribution >= 4 is 21.6 Å². The van der Waals surface area contributed by atoms with Gasteiger partial charge in [-0.2, -0.15) is 0 Å². The van der Waals surface area contributed by atoms with E-state index in [1.54, 1.807) is 11.3 Å². The second-order valence-corrected chi connectivity index (χ2v) is 7.76. The van der Waals surface area contributed by atoms with Gasteiger partial charge in [0, 0.05) is 10.4 Å². The molecule has 0 amide bonds. The Hall–Kier alpha value is -2.34. The fourth-order valence-corrected chi connectivity index (χ4v) is 5.03. The molecule has 0 spiro atoms. The van der Waals surface area contributed by atoms with Crippen molar-refractivity contribution in [3.8, 4) is 22.9 Å². The van der Waals surface area contributed by atoms with Gasteiger partial charge in [-0.1, -0.05) is 6.42 Å². The number of H-pyrrole nitrogens is 1. The number of aromatic nitrogens is 2. The Morgan fingerprint density at radius 2 is 1.92 bits per heavy atom. The van der Waals surface area contributed by atoms with E-state index in [4.69, 9.17) is 14.5 Å². The number of hydrogen-bond acceptors (Lipinski definition) is 5. The summed E-state index contributed by atoms with van der Waals surface area (Å²) in [5.74, 6) is 2.04. The number of aromatic amines is 1. The van der Waals surface area contributed by atoms with Gasteiger partial charge in [-0.15, -0.1) is 11.3 Å². The van der Waals surface area contributed by atoms with Gasteiger partial charge in [-0.3, -0.25) is 4.79 Å². The molecule has 1 N–H and O–H groups in total. The first-order valence-corrected chi connectivity index (χ1v) is 9.47. The van der Waals surface area contributed by atoms with Gasteiger partial charge in [0.15, 0.2) is 11.5 Å². The molecular formula is C19H18N2O3S. The molecular weight excluding hydrogens is 336 g/mol. The van der Waals surface area contributed by atoms with E-state index < -0.39 is 0 Å². The van der Waals surface area contributed by atoms with Crippen molar-refractivity contribution in [2.45, 2.75) is 39.0 Å². The Morgan fingerprint density at radius 1 is 1.12 bits per heavy atom. The van der Waals surface area contributed by atoms with Crippen molar-refractivity contribution in [3.63, 3.8) is 0 Å². The Balaban J connectivity index is 1.70. The smallest absolute Gasteiger partial charge is 0.260 e. The van der Waals surface area contributed by atoms with Gasteiger partial charge in [0.25, 0.3) is 5.56 Å². The lowest BCUT2D eigenvalue weighted by molar-refractivity contribution is 0.174. The minimum Gasteiger partial charge on any atom is -0.454 e. The van der Waals surface area contributed by atoms with Crippen molar-refractivity contribution in [2.24, 2.45) is 0 Å². The quantitative estimate of drug-likeness (QED) is 0.672. The van der Waals surface area contributed by atoms with Crippen molar-refractivity contribution in [1.29, 1.82) is 0 Å². The van der Waals surface area contributed by atoms with Gasteiger partial charge < -0.3 is 14.5 Å². The summed E-state index contributed by atoms with van der Waals surface area (Å²) in [7, 11) is 0. The summed E-state index contributed by atoms with van der Waals surface area (Å²) in [6.07, 6.45) is 5.65. The molecule has 5 nitrogen and oxygen atoms in total. The zero-order valence-corrected chi connectivity index (χ0v) is 14.8. The van der Waals surface area contributed by atoms with Gasteiger partial charge in [0.2, 0.25) is 6.79 Å². The second-order valence-electron chi connectivity index (χ2n) is 6.68. The molecule has 0 fully saturated rings. The fourth-order valence-electron chi connectivity index (χ4n) is 3.77. The minimum absolute atomic E-state index is 0.0310. The van der Waals surface area contributed by atoms with Crippen LogP contribution in [0.1, 0.15) is 35.3 Å². The topological polar surface area (TPSA) is 64.2 Å². The van der Waals surface area contributed by atoms with Crippen LogP contribution in [0.2, 0.25) is 0 Å². The largest absolute Gasteiger partial charge is 0.454 e. The molecule has 3 heterocycles. The number of benzene rings is 1. The highest BCUT2D eigenvalue weighted by molar-refractivity contribution is 7.18. The average molecular weight is 354 g/mol. The van der Waals surface area contributed by atoms with E-state index in [1.807, 2.05) is 19.1 Å². The number of nitrogens with one attached hydrogen (secondary N) is 1. The highest BCUT2D eigenvalue weighted by Crippen LogP contribution is 2.38. The third kappa shape index (κ3) is 2.35. The lowest BCUT2D eigenvalue weighted by Crippen LogP contribution is -2.10. The Kier molecular flexibility index (Phi) is 3.35. The maximum atomic E-state index is 12.8. The van der Waals surface area contributed by atoms with Crippen LogP contribution in [-0.2, 0) is 12.8 Å². The van der Waals surface area contributed by atoms with E-state index in [1.165, 1.54) is 23.3 Å². The van der Waals surface area contributed by atoms with Crippen LogP contribution in [-0.4, -0.2) is 16.8 Å². The number of hydrogen-bond donors (Lipinski definition) is 1. The van der Waals surface area contributed by atoms with Gasteiger partial charge >= 0.3 is 0 Å². The van der Waals surface area contributed by atoms with Crippen LogP contribution in [0, 0.1) is 6.92 Å². The lowest BCUT2D eigenvalue weighted by Gasteiger charge is -2.07. The Bertz CT molecular complexity index is 1050. The number of nitrogens with zero attached hydrogens (tertiary/aromatic N) is 1. The van der Waals surface area contributed by atoms with Crippen LogP contribution in [0.15, 0.2) is 16.9 Å². The van der Waals surface area contributed by atoms with Gasteiger partial charge in [0.05, 0.1) is 5.39 Å². The molecule has 0 saturated heterocycles. The Labute approximate surface area is 148 Å². The van der Waals surface area contributed by atoms with Crippen molar-refractivity contribution < 1.29 is 9.47 Å². The molecule has 128 valence electrons. The van der Waals surface area contributed by atoms with Gasteiger partial charge in [-0.25, -0.2) is 4.98 Å². The fraction of sp³-hybridized carbons (Fsp3) is 0.368. The normalized spacial score (nSPS) is 16.0. The third-order valence-electron chi connectivity index (χ3n) is 5.05. The number of aryl methyl sites for hydroxylation is 3.